The van der Waals surface area contributed by atoms with Crippen molar-refractivity contribution in [2.45, 2.75) is 70.7 Å². The standard InChI is InChI=1S/C19H30N2O5/c1-8-13-9-10-15(17(23)25-7)21(13)16(22)14(11-12(2)3)20-18(24)26-19(4,5)6/h8,13-15H,1-2,9-11H2,3-7H3,(H,20,24)/t13-,14-,15-/m0/s1. The zero-order valence-corrected chi connectivity index (χ0v) is 16.3. The van der Waals surface area contributed by atoms with Gasteiger partial charge in [0.15, 0.2) is 0 Å². The normalized spacial score (nSPS) is 20.9. The van der Waals surface area contributed by atoms with Crippen molar-refractivity contribution in [1.29, 1.82) is 0 Å². The average molecular weight is 366 g/mol. The maximum Gasteiger partial charge on any atom is 0.408 e. The highest BCUT2D eigenvalue weighted by Crippen LogP contribution is 2.27. The van der Waals surface area contributed by atoms with Crippen LogP contribution in [0.5, 0.6) is 0 Å². The molecule has 1 aliphatic rings. The Bertz CT molecular complexity index is 579. The van der Waals surface area contributed by atoms with Crippen LogP contribution in [0.4, 0.5) is 4.79 Å². The van der Waals surface area contributed by atoms with Crippen molar-refractivity contribution >= 4 is 18.0 Å². The molecule has 3 atom stereocenters. The summed E-state index contributed by atoms with van der Waals surface area (Å²) in [6.07, 6.45) is 2.28. The molecule has 0 saturated carbocycles. The molecule has 0 aliphatic carbocycles. The second kappa shape index (κ2) is 8.87. The Morgan fingerprint density at radius 3 is 2.38 bits per heavy atom. The number of esters is 1. The fraction of sp³-hybridized carbons (Fsp3) is 0.632. The van der Waals surface area contributed by atoms with Gasteiger partial charge in [-0.3, -0.25) is 4.79 Å². The van der Waals surface area contributed by atoms with Crippen LogP contribution in [0.3, 0.4) is 0 Å². The van der Waals surface area contributed by atoms with Gasteiger partial charge in [0.25, 0.3) is 0 Å². The number of carbonyl (C=O) groups is 3. The number of hydrogen-bond donors (Lipinski definition) is 1. The molecule has 1 aliphatic heterocycles. The molecule has 7 heteroatoms. The minimum atomic E-state index is -0.880. The number of amides is 2. The van der Waals surface area contributed by atoms with E-state index in [4.69, 9.17) is 9.47 Å². The lowest BCUT2D eigenvalue weighted by Gasteiger charge is -2.32. The highest BCUT2D eigenvalue weighted by molar-refractivity contribution is 5.91. The summed E-state index contributed by atoms with van der Waals surface area (Å²) in [7, 11) is 1.29. The number of hydrogen-bond acceptors (Lipinski definition) is 5. The quantitative estimate of drug-likeness (QED) is 0.577. The number of carbonyl (C=O) groups excluding carboxylic acids is 3. The van der Waals surface area contributed by atoms with Gasteiger partial charge in [-0.2, -0.15) is 0 Å². The first-order chi connectivity index (χ1) is 12.0. The molecule has 0 radical (unpaired) electrons. The van der Waals surface area contributed by atoms with Gasteiger partial charge in [0.05, 0.1) is 13.2 Å². The maximum atomic E-state index is 13.1. The van der Waals surface area contributed by atoms with Gasteiger partial charge in [-0.05, 0) is 47.0 Å². The summed E-state index contributed by atoms with van der Waals surface area (Å²) in [5.41, 5.74) is 0.0376. The molecule has 1 saturated heterocycles. The highest BCUT2D eigenvalue weighted by atomic mass is 16.6. The van der Waals surface area contributed by atoms with Gasteiger partial charge in [0, 0.05) is 0 Å². The smallest absolute Gasteiger partial charge is 0.408 e. The molecule has 7 nitrogen and oxygen atoms in total. The molecule has 26 heavy (non-hydrogen) atoms. The molecule has 1 heterocycles. The van der Waals surface area contributed by atoms with Crippen LogP contribution in [-0.4, -0.2) is 53.7 Å². The number of likely N-dealkylation sites (tertiary alicyclic amines) is 1. The third kappa shape index (κ3) is 5.89. The van der Waals surface area contributed by atoms with Gasteiger partial charge < -0.3 is 19.7 Å². The largest absolute Gasteiger partial charge is 0.467 e. The van der Waals surface area contributed by atoms with Crippen molar-refractivity contribution in [2.24, 2.45) is 0 Å². The van der Waals surface area contributed by atoms with Crippen LogP contribution in [0.15, 0.2) is 24.8 Å². The SMILES string of the molecule is C=C[C@H]1CC[C@@H](C(=O)OC)N1C(=O)[C@H](CC(=C)C)NC(=O)OC(C)(C)C. The number of methoxy groups -OCH3 is 1. The van der Waals surface area contributed by atoms with Gasteiger partial charge in [-0.1, -0.05) is 11.6 Å². The summed E-state index contributed by atoms with van der Waals surface area (Å²) >= 11 is 0. The molecule has 0 aromatic heterocycles. The van der Waals surface area contributed by atoms with E-state index < -0.39 is 29.7 Å². The lowest BCUT2D eigenvalue weighted by molar-refractivity contribution is -0.152. The van der Waals surface area contributed by atoms with Crippen molar-refractivity contribution in [3.05, 3.63) is 24.8 Å². The fourth-order valence-electron chi connectivity index (χ4n) is 2.93. The molecule has 1 rings (SSSR count). The predicted molar refractivity (Wildman–Crippen MR) is 98.5 cm³/mol. The Kier molecular flexibility index (Phi) is 7.41. The van der Waals surface area contributed by atoms with Crippen molar-refractivity contribution in [1.82, 2.24) is 10.2 Å². The van der Waals surface area contributed by atoms with E-state index in [2.05, 4.69) is 18.5 Å². The monoisotopic (exact) mass is 366 g/mol. The zero-order chi connectivity index (χ0) is 20.1. The summed E-state index contributed by atoms with van der Waals surface area (Å²) in [6, 6.07) is -1.86. The summed E-state index contributed by atoms with van der Waals surface area (Å²) in [4.78, 5) is 38.8. The van der Waals surface area contributed by atoms with Gasteiger partial charge in [-0.25, -0.2) is 9.59 Å². The van der Waals surface area contributed by atoms with E-state index in [1.807, 2.05) is 0 Å². The molecule has 0 spiro atoms. The molecule has 2 amide bonds. The molecule has 0 unspecified atom stereocenters. The molecule has 0 bridgehead atoms. The van der Waals surface area contributed by atoms with E-state index in [9.17, 15) is 14.4 Å². The number of nitrogens with one attached hydrogen (secondary N) is 1. The molecule has 1 N–H and O–H groups in total. The molecular weight excluding hydrogens is 336 g/mol. The van der Waals surface area contributed by atoms with Crippen molar-refractivity contribution < 1.29 is 23.9 Å². The average Bonchev–Trinajstić information content (AvgIpc) is 2.94. The topological polar surface area (TPSA) is 84.9 Å². The Morgan fingerprint density at radius 2 is 1.92 bits per heavy atom. The minimum absolute atomic E-state index is 0.242. The van der Waals surface area contributed by atoms with E-state index >= 15 is 0 Å². The summed E-state index contributed by atoms with van der Waals surface area (Å²) in [5.74, 6) is -0.856. The third-order valence-electron chi connectivity index (χ3n) is 3.97. The Morgan fingerprint density at radius 1 is 1.31 bits per heavy atom. The van der Waals surface area contributed by atoms with E-state index in [1.54, 1.807) is 33.8 Å². The van der Waals surface area contributed by atoms with Crippen LogP contribution in [0.1, 0.15) is 47.0 Å². The first-order valence-electron chi connectivity index (χ1n) is 8.66. The van der Waals surface area contributed by atoms with Gasteiger partial charge in [-0.15, -0.1) is 13.2 Å². The van der Waals surface area contributed by atoms with Crippen molar-refractivity contribution in [3.63, 3.8) is 0 Å². The maximum absolute atomic E-state index is 13.1. The minimum Gasteiger partial charge on any atom is -0.467 e. The lowest BCUT2D eigenvalue weighted by Crippen LogP contribution is -2.54. The molecule has 1 fully saturated rings. The molecular formula is C19H30N2O5. The summed E-state index contributed by atoms with van der Waals surface area (Å²) in [6.45, 7) is 14.6. The number of rotatable bonds is 6. The first kappa shape index (κ1) is 21.7. The summed E-state index contributed by atoms with van der Waals surface area (Å²) < 4.78 is 10.1. The van der Waals surface area contributed by atoms with E-state index in [1.165, 1.54) is 12.0 Å². The Labute approximate surface area is 155 Å². The van der Waals surface area contributed by atoms with Crippen LogP contribution in [0.25, 0.3) is 0 Å². The number of alkyl carbamates (subject to hydrolysis) is 1. The Balaban J connectivity index is 3.05. The second-order valence-electron chi connectivity index (χ2n) is 7.52. The van der Waals surface area contributed by atoms with Crippen LogP contribution < -0.4 is 5.32 Å². The third-order valence-corrected chi connectivity index (χ3v) is 3.97. The van der Waals surface area contributed by atoms with Crippen molar-refractivity contribution in [2.75, 3.05) is 7.11 Å². The first-order valence-corrected chi connectivity index (χ1v) is 8.66. The number of nitrogens with zero attached hydrogens (tertiary/aromatic N) is 1. The van der Waals surface area contributed by atoms with E-state index in [0.29, 0.717) is 12.8 Å². The predicted octanol–water partition coefficient (Wildman–Crippen LogP) is 2.56. The van der Waals surface area contributed by atoms with Gasteiger partial charge in [0.1, 0.15) is 17.7 Å². The Hall–Kier alpha value is -2.31. The fourth-order valence-corrected chi connectivity index (χ4v) is 2.93. The summed E-state index contributed by atoms with van der Waals surface area (Å²) in [5, 5.41) is 2.60. The second-order valence-corrected chi connectivity index (χ2v) is 7.52. The molecule has 146 valence electrons. The van der Waals surface area contributed by atoms with Gasteiger partial charge in [0.2, 0.25) is 5.91 Å². The molecule has 0 aromatic rings. The van der Waals surface area contributed by atoms with E-state index in [-0.39, 0.29) is 18.4 Å². The number of ether oxygens (including phenoxy) is 2. The van der Waals surface area contributed by atoms with Crippen molar-refractivity contribution in [3.8, 4) is 0 Å². The zero-order valence-electron chi connectivity index (χ0n) is 16.3. The highest BCUT2D eigenvalue weighted by Gasteiger charge is 2.43. The molecule has 0 aromatic carbocycles. The van der Waals surface area contributed by atoms with E-state index in [0.717, 1.165) is 5.57 Å². The van der Waals surface area contributed by atoms with Gasteiger partial charge >= 0.3 is 12.1 Å². The van der Waals surface area contributed by atoms with Crippen LogP contribution in [0, 0.1) is 0 Å². The van der Waals surface area contributed by atoms with Crippen LogP contribution >= 0.6 is 0 Å². The van der Waals surface area contributed by atoms with Crippen LogP contribution in [-0.2, 0) is 19.1 Å². The van der Waals surface area contributed by atoms with Crippen LogP contribution in [0.2, 0.25) is 0 Å². The lowest BCUT2D eigenvalue weighted by atomic mass is 10.1.